The Morgan fingerprint density at radius 3 is 2.21 bits per heavy atom. The molecule has 0 radical (unpaired) electrons. The number of amides is 1. The highest BCUT2D eigenvalue weighted by molar-refractivity contribution is 5.67. The third kappa shape index (κ3) is 5.83. The van der Waals surface area contributed by atoms with E-state index in [0.717, 1.165) is 37.2 Å². The van der Waals surface area contributed by atoms with Crippen LogP contribution in [0.15, 0.2) is 60.7 Å². The van der Waals surface area contributed by atoms with Gasteiger partial charge in [-0.3, -0.25) is 4.90 Å². The van der Waals surface area contributed by atoms with Gasteiger partial charge in [0.25, 0.3) is 0 Å². The molecule has 0 unspecified atom stereocenters. The lowest BCUT2D eigenvalue weighted by Gasteiger charge is -2.32. The highest BCUT2D eigenvalue weighted by atomic mass is 16.6. The lowest BCUT2D eigenvalue weighted by Crippen LogP contribution is -2.41. The van der Waals surface area contributed by atoms with Gasteiger partial charge in [-0.25, -0.2) is 4.79 Å². The van der Waals surface area contributed by atoms with Gasteiger partial charge in [-0.15, -0.1) is 0 Å². The predicted molar refractivity (Wildman–Crippen MR) is 113 cm³/mol. The summed E-state index contributed by atoms with van der Waals surface area (Å²) in [6.07, 6.45) is 0.885. The van der Waals surface area contributed by atoms with Gasteiger partial charge >= 0.3 is 6.09 Å². The van der Waals surface area contributed by atoms with Crippen LogP contribution in [0.3, 0.4) is 0 Å². The average Bonchev–Trinajstić information content (AvgIpc) is 3.16. The van der Waals surface area contributed by atoms with Gasteiger partial charge in [-0.05, 0) is 50.8 Å². The van der Waals surface area contributed by atoms with E-state index in [1.807, 2.05) is 53.4 Å². The maximum Gasteiger partial charge on any atom is 0.410 e. The molecule has 3 rings (SSSR count). The molecule has 1 amide bonds. The molecule has 28 heavy (non-hydrogen) atoms. The molecule has 1 aliphatic heterocycles. The van der Waals surface area contributed by atoms with E-state index in [-0.39, 0.29) is 11.6 Å². The Labute approximate surface area is 169 Å². The molecular formula is C24H32N2O2. The minimum absolute atomic E-state index is 0.173. The quantitative estimate of drug-likeness (QED) is 0.711. The van der Waals surface area contributed by atoms with Crippen molar-refractivity contribution in [3.05, 3.63) is 71.8 Å². The number of rotatable bonds is 6. The molecule has 1 fully saturated rings. The van der Waals surface area contributed by atoms with Crippen molar-refractivity contribution in [1.82, 2.24) is 9.80 Å². The van der Waals surface area contributed by atoms with Crippen LogP contribution in [0.5, 0.6) is 0 Å². The molecule has 1 aliphatic rings. The predicted octanol–water partition coefficient (Wildman–Crippen LogP) is 4.95. The molecule has 1 saturated heterocycles. The first-order valence-corrected chi connectivity index (χ1v) is 10.2. The van der Waals surface area contributed by atoms with Crippen LogP contribution in [0.1, 0.15) is 38.3 Å². The van der Waals surface area contributed by atoms with E-state index in [4.69, 9.17) is 4.74 Å². The molecule has 1 heterocycles. The fraction of sp³-hybridized carbons (Fsp3) is 0.458. The fourth-order valence-electron chi connectivity index (χ4n) is 3.72. The minimum Gasteiger partial charge on any atom is -0.445 e. The zero-order valence-corrected chi connectivity index (χ0v) is 17.3. The molecular weight excluding hydrogens is 348 g/mol. The normalized spacial score (nSPS) is 17.5. The first-order chi connectivity index (χ1) is 13.4. The summed E-state index contributed by atoms with van der Waals surface area (Å²) >= 11 is 0. The Morgan fingerprint density at radius 2 is 1.64 bits per heavy atom. The third-order valence-electron chi connectivity index (χ3n) is 5.39. The number of hydrogen-bond acceptors (Lipinski definition) is 3. The summed E-state index contributed by atoms with van der Waals surface area (Å²) in [6, 6.07) is 20.0. The van der Waals surface area contributed by atoms with E-state index in [2.05, 4.69) is 37.8 Å². The van der Waals surface area contributed by atoms with E-state index in [1.54, 1.807) is 0 Å². The molecule has 150 valence electrons. The summed E-state index contributed by atoms with van der Waals surface area (Å²) in [5.41, 5.74) is 2.31. The van der Waals surface area contributed by atoms with Crippen LogP contribution in [0, 0.1) is 5.92 Å². The van der Waals surface area contributed by atoms with Crippen LogP contribution in [-0.4, -0.2) is 41.1 Å². The Morgan fingerprint density at radius 1 is 1.04 bits per heavy atom. The second-order valence-corrected chi connectivity index (χ2v) is 8.68. The number of ether oxygens (including phenoxy) is 1. The number of hydrogen-bond donors (Lipinski definition) is 0. The minimum atomic E-state index is -0.234. The largest absolute Gasteiger partial charge is 0.445 e. The van der Waals surface area contributed by atoms with Gasteiger partial charge in [0.2, 0.25) is 0 Å². The van der Waals surface area contributed by atoms with Crippen LogP contribution >= 0.6 is 0 Å². The Kier molecular flexibility index (Phi) is 6.74. The lowest BCUT2D eigenvalue weighted by atomic mass is 10.1. The standard InChI is InChI=1S/C24H32N2O2/c1-24(2,3)26-15-14-22(18-26)17-25(16-20-10-6-4-7-11-20)23(27)28-19-21-12-8-5-9-13-21/h4-13,22H,14-19H2,1-3H3/t22-/m1/s1. The van der Waals surface area contributed by atoms with Crippen LogP contribution < -0.4 is 0 Å². The molecule has 2 aromatic rings. The number of carbonyl (C=O) groups is 1. The summed E-state index contributed by atoms with van der Waals surface area (Å²) < 4.78 is 5.64. The Balaban J connectivity index is 1.64. The van der Waals surface area contributed by atoms with Crippen molar-refractivity contribution < 1.29 is 9.53 Å². The average molecular weight is 381 g/mol. The van der Waals surface area contributed by atoms with Gasteiger partial charge in [0.05, 0.1) is 0 Å². The maximum absolute atomic E-state index is 12.9. The molecule has 1 atom stereocenters. The maximum atomic E-state index is 12.9. The second kappa shape index (κ2) is 9.24. The monoisotopic (exact) mass is 380 g/mol. The highest BCUT2D eigenvalue weighted by Gasteiger charge is 2.32. The van der Waals surface area contributed by atoms with Crippen LogP contribution in [0.2, 0.25) is 0 Å². The summed E-state index contributed by atoms with van der Waals surface area (Å²) in [4.78, 5) is 17.3. The molecule has 0 aromatic heterocycles. The lowest BCUT2D eigenvalue weighted by molar-refractivity contribution is 0.0862. The molecule has 0 spiro atoms. The zero-order valence-electron chi connectivity index (χ0n) is 17.3. The van der Waals surface area contributed by atoms with E-state index >= 15 is 0 Å². The topological polar surface area (TPSA) is 32.8 Å². The third-order valence-corrected chi connectivity index (χ3v) is 5.39. The number of nitrogens with zero attached hydrogens (tertiary/aromatic N) is 2. The van der Waals surface area contributed by atoms with Gasteiger partial charge in [-0.1, -0.05) is 60.7 Å². The summed E-state index contributed by atoms with van der Waals surface area (Å²) in [6.45, 7) is 10.5. The molecule has 4 nitrogen and oxygen atoms in total. The summed E-state index contributed by atoms with van der Waals surface area (Å²) in [5.74, 6) is 0.479. The number of benzene rings is 2. The zero-order chi connectivity index (χ0) is 20.0. The van der Waals surface area contributed by atoms with Crippen molar-refractivity contribution in [3.8, 4) is 0 Å². The number of likely N-dealkylation sites (tertiary alicyclic amines) is 1. The van der Waals surface area contributed by atoms with Crippen LogP contribution in [-0.2, 0) is 17.9 Å². The van der Waals surface area contributed by atoms with Gasteiger partial charge in [0, 0.05) is 25.2 Å². The SMILES string of the molecule is CC(C)(C)N1CC[C@H](CN(Cc2ccccc2)C(=O)OCc2ccccc2)C1. The molecule has 4 heteroatoms. The van der Waals surface area contributed by atoms with Crippen molar-refractivity contribution in [1.29, 1.82) is 0 Å². The van der Waals surface area contributed by atoms with E-state index in [0.29, 0.717) is 19.1 Å². The Bertz CT molecular complexity index is 740. The first-order valence-electron chi connectivity index (χ1n) is 10.2. The van der Waals surface area contributed by atoms with Crippen LogP contribution in [0.4, 0.5) is 4.79 Å². The van der Waals surface area contributed by atoms with Gasteiger partial charge < -0.3 is 9.64 Å². The summed E-state index contributed by atoms with van der Waals surface area (Å²) in [7, 11) is 0. The molecule has 0 N–H and O–H groups in total. The van der Waals surface area contributed by atoms with Gasteiger partial charge in [-0.2, -0.15) is 0 Å². The van der Waals surface area contributed by atoms with Crippen LogP contribution in [0.25, 0.3) is 0 Å². The summed E-state index contributed by atoms with van der Waals surface area (Å²) in [5, 5.41) is 0. The fourth-order valence-corrected chi connectivity index (χ4v) is 3.72. The second-order valence-electron chi connectivity index (χ2n) is 8.68. The number of carbonyl (C=O) groups excluding carboxylic acids is 1. The molecule has 2 aromatic carbocycles. The first kappa shape index (κ1) is 20.4. The van der Waals surface area contributed by atoms with Crippen molar-refractivity contribution in [2.24, 2.45) is 5.92 Å². The van der Waals surface area contributed by atoms with Gasteiger partial charge in [0.1, 0.15) is 6.61 Å². The van der Waals surface area contributed by atoms with E-state index in [1.165, 1.54) is 0 Å². The highest BCUT2D eigenvalue weighted by Crippen LogP contribution is 2.25. The smallest absolute Gasteiger partial charge is 0.410 e. The molecule has 0 aliphatic carbocycles. The Hall–Kier alpha value is -2.33. The van der Waals surface area contributed by atoms with Crippen molar-refractivity contribution >= 4 is 6.09 Å². The molecule has 0 bridgehead atoms. The molecule has 0 saturated carbocycles. The van der Waals surface area contributed by atoms with Crippen molar-refractivity contribution in [2.75, 3.05) is 19.6 Å². The van der Waals surface area contributed by atoms with Crippen molar-refractivity contribution in [2.45, 2.75) is 45.9 Å². The van der Waals surface area contributed by atoms with E-state index < -0.39 is 0 Å². The van der Waals surface area contributed by atoms with E-state index in [9.17, 15) is 4.79 Å². The van der Waals surface area contributed by atoms with Gasteiger partial charge in [0.15, 0.2) is 0 Å². The van der Waals surface area contributed by atoms with Crippen molar-refractivity contribution in [3.63, 3.8) is 0 Å².